The van der Waals surface area contributed by atoms with Crippen LogP contribution in [0.25, 0.3) is 22.2 Å². The highest BCUT2D eigenvalue weighted by Gasteiger charge is 2.26. The molecule has 5 rings (SSSR count). The highest BCUT2D eigenvalue weighted by molar-refractivity contribution is 5.97. The predicted octanol–water partition coefficient (Wildman–Crippen LogP) is 3.64. The minimum absolute atomic E-state index is 0.127. The number of amides is 1. The number of carbonyl (C=O) groups excluding carboxylic acids is 1. The smallest absolute Gasteiger partial charge is 0.255 e. The van der Waals surface area contributed by atoms with E-state index in [1.165, 1.54) is 0 Å². The second-order valence-electron chi connectivity index (χ2n) is 7.41. The minimum Gasteiger partial charge on any atom is -0.348 e. The van der Waals surface area contributed by atoms with E-state index in [2.05, 4.69) is 15.2 Å². The van der Waals surface area contributed by atoms with Gasteiger partial charge in [-0.1, -0.05) is 48.5 Å². The summed E-state index contributed by atoms with van der Waals surface area (Å²) in [6, 6.07) is 19.6. The highest BCUT2D eigenvalue weighted by atomic mass is 16.7. The molecule has 0 unspecified atom stereocenters. The van der Waals surface area contributed by atoms with Crippen molar-refractivity contribution in [2.45, 2.75) is 12.8 Å². The number of carbonyl (C=O) groups is 1. The van der Waals surface area contributed by atoms with Gasteiger partial charge in [0.15, 0.2) is 6.29 Å². The van der Waals surface area contributed by atoms with Crippen LogP contribution in [0.2, 0.25) is 0 Å². The first kappa shape index (κ1) is 19.4. The van der Waals surface area contributed by atoms with Crippen LogP contribution in [-0.2, 0) is 16.0 Å². The van der Waals surface area contributed by atoms with Gasteiger partial charge in [-0.2, -0.15) is 5.10 Å². The Hall–Kier alpha value is -3.55. The summed E-state index contributed by atoms with van der Waals surface area (Å²) in [5.41, 5.74) is 4.22. The van der Waals surface area contributed by atoms with E-state index in [0.717, 1.165) is 27.7 Å². The van der Waals surface area contributed by atoms with Crippen molar-refractivity contribution in [3.63, 3.8) is 0 Å². The molecule has 2 aromatic heterocycles. The molecular formula is C24H22N4O3. The number of pyridine rings is 1. The Morgan fingerprint density at radius 3 is 2.65 bits per heavy atom. The van der Waals surface area contributed by atoms with Gasteiger partial charge in [0.05, 0.1) is 42.7 Å². The largest absolute Gasteiger partial charge is 0.348 e. The SMILES string of the molecule is O=C(c1cnc2ccccc2c1)N(Cc1cn[nH]c1-c1ccccc1)CC1OCCO1. The average molecular weight is 414 g/mol. The lowest BCUT2D eigenvalue weighted by molar-refractivity contribution is -0.0584. The predicted molar refractivity (Wildman–Crippen MR) is 116 cm³/mol. The normalized spacial score (nSPS) is 14.2. The fourth-order valence-corrected chi connectivity index (χ4v) is 3.77. The van der Waals surface area contributed by atoms with Crippen molar-refractivity contribution in [2.75, 3.05) is 19.8 Å². The molecule has 1 aliphatic rings. The summed E-state index contributed by atoms with van der Waals surface area (Å²) in [4.78, 5) is 19.7. The number of hydrogen-bond acceptors (Lipinski definition) is 5. The molecule has 7 heteroatoms. The van der Waals surface area contributed by atoms with Crippen molar-refractivity contribution in [2.24, 2.45) is 0 Å². The molecular weight excluding hydrogens is 392 g/mol. The maximum Gasteiger partial charge on any atom is 0.255 e. The molecule has 0 aliphatic carbocycles. The van der Waals surface area contributed by atoms with Crippen LogP contribution in [-0.4, -0.2) is 52.0 Å². The van der Waals surface area contributed by atoms with Gasteiger partial charge in [-0.05, 0) is 17.7 Å². The van der Waals surface area contributed by atoms with Crippen LogP contribution in [0.5, 0.6) is 0 Å². The van der Waals surface area contributed by atoms with E-state index >= 15 is 0 Å². The summed E-state index contributed by atoms with van der Waals surface area (Å²) in [5.74, 6) is -0.127. The fraction of sp³-hybridized carbons (Fsp3) is 0.208. The third-order valence-electron chi connectivity index (χ3n) is 5.33. The molecule has 2 aromatic carbocycles. The van der Waals surface area contributed by atoms with E-state index in [-0.39, 0.29) is 5.91 Å². The van der Waals surface area contributed by atoms with Gasteiger partial charge in [-0.25, -0.2) is 0 Å². The van der Waals surface area contributed by atoms with Gasteiger partial charge in [0.25, 0.3) is 5.91 Å². The van der Waals surface area contributed by atoms with Gasteiger partial charge in [-0.15, -0.1) is 0 Å². The molecule has 0 atom stereocenters. The first-order valence-electron chi connectivity index (χ1n) is 10.2. The minimum atomic E-state index is -0.440. The van der Waals surface area contributed by atoms with Gasteiger partial charge in [0.2, 0.25) is 0 Å². The summed E-state index contributed by atoms with van der Waals surface area (Å²) >= 11 is 0. The Balaban J connectivity index is 1.45. The lowest BCUT2D eigenvalue weighted by Gasteiger charge is -2.25. The number of nitrogens with zero attached hydrogens (tertiary/aromatic N) is 3. The van der Waals surface area contributed by atoms with Gasteiger partial charge >= 0.3 is 0 Å². The fourth-order valence-electron chi connectivity index (χ4n) is 3.77. The number of rotatable bonds is 6. The zero-order chi connectivity index (χ0) is 21.0. The van der Waals surface area contributed by atoms with Crippen LogP contribution in [0, 0.1) is 0 Å². The van der Waals surface area contributed by atoms with Crippen molar-refractivity contribution in [3.05, 3.63) is 84.2 Å². The monoisotopic (exact) mass is 414 g/mol. The molecule has 1 N–H and O–H groups in total. The number of aromatic amines is 1. The van der Waals surface area contributed by atoms with Crippen LogP contribution < -0.4 is 0 Å². The molecule has 1 aliphatic heterocycles. The number of H-pyrrole nitrogens is 1. The van der Waals surface area contributed by atoms with Crippen molar-refractivity contribution < 1.29 is 14.3 Å². The Morgan fingerprint density at radius 2 is 1.81 bits per heavy atom. The lowest BCUT2D eigenvalue weighted by Crippen LogP contribution is -2.37. The average Bonchev–Trinajstić information content (AvgIpc) is 3.50. The molecule has 0 bridgehead atoms. The maximum atomic E-state index is 13.5. The standard InChI is InChI=1S/C24H22N4O3/c29-24(19-12-18-8-4-5-9-21(18)25-13-19)28(16-22-30-10-11-31-22)15-20-14-26-27-23(20)17-6-2-1-3-7-17/h1-9,12-14,22H,10-11,15-16H2,(H,26,27). The summed E-state index contributed by atoms with van der Waals surface area (Å²) in [7, 11) is 0. The third-order valence-corrected chi connectivity index (χ3v) is 5.33. The van der Waals surface area contributed by atoms with E-state index < -0.39 is 6.29 Å². The summed E-state index contributed by atoms with van der Waals surface area (Å²) < 4.78 is 11.2. The van der Waals surface area contributed by atoms with Crippen LogP contribution in [0.1, 0.15) is 15.9 Å². The molecule has 4 aromatic rings. The number of fused-ring (bicyclic) bond motifs is 1. The molecule has 31 heavy (non-hydrogen) atoms. The van der Waals surface area contributed by atoms with Crippen molar-refractivity contribution in [1.82, 2.24) is 20.1 Å². The van der Waals surface area contributed by atoms with Crippen molar-refractivity contribution >= 4 is 16.8 Å². The zero-order valence-electron chi connectivity index (χ0n) is 16.9. The van der Waals surface area contributed by atoms with Crippen molar-refractivity contribution in [3.8, 4) is 11.3 Å². The van der Waals surface area contributed by atoms with Gasteiger partial charge < -0.3 is 14.4 Å². The number of benzene rings is 2. The lowest BCUT2D eigenvalue weighted by atomic mass is 10.1. The molecule has 3 heterocycles. The molecule has 1 amide bonds. The number of nitrogens with one attached hydrogen (secondary N) is 1. The van der Waals surface area contributed by atoms with E-state index in [4.69, 9.17) is 9.47 Å². The Bertz CT molecular complexity index is 1190. The Morgan fingerprint density at radius 1 is 1.03 bits per heavy atom. The molecule has 0 spiro atoms. The van der Waals surface area contributed by atoms with Gasteiger partial charge in [0, 0.05) is 23.7 Å². The van der Waals surface area contributed by atoms with E-state index in [1.54, 1.807) is 17.3 Å². The van der Waals surface area contributed by atoms with Crippen LogP contribution in [0.15, 0.2) is 73.1 Å². The summed E-state index contributed by atoms with van der Waals surface area (Å²) in [5, 5.41) is 8.21. The first-order chi connectivity index (χ1) is 15.3. The second-order valence-corrected chi connectivity index (χ2v) is 7.41. The molecule has 156 valence electrons. The summed E-state index contributed by atoms with van der Waals surface area (Å²) in [6.07, 6.45) is 2.95. The molecule has 0 saturated carbocycles. The number of para-hydroxylation sites is 1. The maximum absolute atomic E-state index is 13.5. The van der Waals surface area contributed by atoms with E-state index in [1.807, 2.05) is 60.7 Å². The Labute approximate surface area is 179 Å². The van der Waals surface area contributed by atoms with Crippen LogP contribution in [0.3, 0.4) is 0 Å². The number of hydrogen-bond donors (Lipinski definition) is 1. The first-order valence-corrected chi connectivity index (χ1v) is 10.2. The van der Waals surface area contributed by atoms with Crippen LogP contribution in [0.4, 0.5) is 0 Å². The quantitative estimate of drug-likeness (QED) is 0.521. The summed E-state index contributed by atoms with van der Waals surface area (Å²) in [6.45, 7) is 1.76. The third kappa shape index (κ3) is 4.19. The molecule has 0 radical (unpaired) electrons. The molecule has 1 fully saturated rings. The Kier molecular flexibility index (Phi) is 5.43. The number of ether oxygens (including phenoxy) is 2. The van der Waals surface area contributed by atoms with Crippen molar-refractivity contribution in [1.29, 1.82) is 0 Å². The number of aromatic nitrogens is 3. The van der Waals surface area contributed by atoms with Gasteiger partial charge in [-0.3, -0.25) is 14.9 Å². The zero-order valence-corrected chi connectivity index (χ0v) is 16.9. The van der Waals surface area contributed by atoms with Gasteiger partial charge in [0.1, 0.15) is 0 Å². The van der Waals surface area contributed by atoms with Crippen LogP contribution >= 0.6 is 0 Å². The molecule has 1 saturated heterocycles. The molecule has 7 nitrogen and oxygen atoms in total. The van der Waals surface area contributed by atoms with E-state index in [9.17, 15) is 4.79 Å². The topological polar surface area (TPSA) is 80.3 Å². The van der Waals surface area contributed by atoms with E-state index in [0.29, 0.717) is 31.9 Å². The highest BCUT2D eigenvalue weighted by Crippen LogP contribution is 2.24. The second kappa shape index (κ2) is 8.67.